The average Bonchev–Trinajstić information content (AvgIpc) is 2.45. The van der Waals surface area contributed by atoms with Crippen molar-refractivity contribution in [1.29, 1.82) is 0 Å². The lowest BCUT2D eigenvalue weighted by Gasteiger charge is -2.22. The second kappa shape index (κ2) is 7.20. The van der Waals surface area contributed by atoms with Gasteiger partial charge >= 0.3 is 5.97 Å². The summed E-state index contributed by atoms with van der Waals surface area (Å²) in [6.45, 7) is 0.318. The van der Waals surface area contributed by atoms with Crippen LogP contribution in [0.2, 0.25) is 0 Å². The molecule has 3 nitrogen and oxygen atoms in total. The molecule has 0 bridgehead atoms. The van der Waals surface area contributed by atoms with E-state index in [0.29, 0.717) is 12.5 Å². The summed E-state index contributed by atoms with van der Waals surface area (Å²) in [5, 5.41) is 8.50. The first-order valence-electron chi connectivity index (χ1n) is 7.09. The van der Waals surface area contributed by atoms with Crippen LogP contribution in [-0.2, 0) is 4.79 Å². The summed E-state index contributed by atoms with van der Waals surface area (Å²) >= 11 is 0. The third kappa shape index (κ3) is 4.55. The van der Waals surface area contributed by atoms with Crippen molar-refractivity contribution in [2.24, 2.45) is 5.92 Å². The van der Waals surface area contributed by atoms with E-state index in [2.05, 4.69) is 0 Å². The maximum absolute atomic E-state index is 13.8. The van der Waals surface area contributed by atoms with Gasteiger partial charge in [0.1, 0.15) is 0 Å². The fraction of sp³-hybridized carbons (Fsp3) is 0.438. The molecule has 0 radical (unpaired) electrons. The Bertz CT molecular complexity index is 511. The summed E-state index contributed by atoms with van der Waals surface area (Å²) in [4.78, 5) is 10.4. The zero-order chi connectivity index (χ0) is 15.2. The summed E-state index contributed by atoms with van der Waals surface area (Å²) in [6, 6.07) is 2.14. The largest absolute Gasteiger partial charge is 0.487 e. The van der Waals surface area contributed by atoms with Crippen molar-refractivity contribution in [3.63, 3.8) is 0 Å². The van der Waals surface area contributed by atoms with Crippen LogP contribution in [0.5, 0.6) is 5.75 Å². The molecule has 5 heteroatoms. The van der Waals surface area contributed by atoms with Crippen molar-refractivity contribution >= 4 is 12.0 Å². The summed E-state index contributed by atoms with van der Waals surface area (Å²) in [5.41, 5.74) is 0.150. The van der Waals surface area contributed by atoms with Crippen LogP contribution in [0.25, 0.3) is 6.08 Å². The molecule has 1 aliphatic carbocycles. The molecule has 1 saturated carbocycles. The van der Waals surface area contributed by atoms with Crippen LogP contribution in [0.4, 0.5) is 8.78 Å². The van der Waals surface area contributed by atoms with Gasteiger partial charge in [0.05, 0.1) is 6.61 Å². The molecule has 114 valence electrons. The number of halogens is 2. The molecule has 0 amide bonds. The highest BCUT2D eigenvalue weighted by molar-refractivity contribution is 5.85. The first-order chi connectivity index (χ1) is 10.1. The molecule has 0 atom stereocenters. The first-order valence-corrected chi connectivity index (χ1v) is 7.09. The number of carbonyl (C=O) groups is 1. The molecule has 2 rings (SSSR count). The van der Waals surface area contributed by atoms with Gasteiger partial charge in [-0.2, -0.15) is 0 Å². The second-order valence-electron chi connectivity index (χ2n) is 5.30. The number of benzene rings is 1. The normalized spacial score (nSPS) is 16.3. The molecule has 1 aliphatic rings. The molecule has 0 heterocycles. The summed E-state index contributed by atoms with van der Waals surface area (Å²) < 4.78 is 33.0. The maximum atomic E-state index is 13.8. The Morgan fingerprint density at radius 1 is 1.24 bits per heavy atom. The minimum atomic E-state index is -1.17. The molecule has 21 heavy (non-hydrogen) atoms. The van der Waals surface area contributed by atoms with Crippen LogP contribution in [0.1, 0.15) is 37.7 Å². The minimum Gasteiger partial charge on any atom is -0.487 e. The highest BCUT2D eigenvalue weighted by atomic mass is 19.1. The van der Waals surface area contributed by atoms with E-state index < -0.39 is 17.6 Å². The average molecular weight is 296 g/mol. The number of hydrogen-bond acceptors (Lipinski definition) is 2. The van der Waals surface area contributed by atoms with E-state index >= 15 is 0 Å². The molecule has 1 N–H and O–H groups in total. The van der Waals surface area contributed by atoms with E-state index in [-0.39, 0.29) is 11.3 Å². The van der Waals surface area contributed by atoms with Crippen molar-refractivity contribution in [3.05, 3.63) is 35.4 Å². The lowest BCUT2D eigenvalue weighted by atomic mass is 9.90. The van der Waals surface area contributed by atoms with Gasteiger partial charge in [0.2, 0.25) is 0 Å². The number of rotatable bonds is 5. The van der Waals surface area contributed by atoms with Crippen molar-refractivity contribution in [1.82, 2.24) is 0 Å². The van der Waals surface area contributed by atoms with Crippen LogP contribution in [0, 0.1) is 17.6 Å². The maximum Gasteiger partial charge on any atom is 0.328 e. The van der Waals surface area contributed by atoms with Crippen molar-refractivity contribution in [3.8, 4) is 5.75 Å². The van der Waals surface area contributed by atoms with E-state index in [1.54, 1.807) is 0 Å². The van der Waals surface area contributed by atoms with Crippen LogP contribution < -0.4 is 4.74 Å². The van der Waals surface area contributed by atoms with E-state index in [1.165, 1.54) is 6.42 Å². The Labute approximate surface area is 122 Å². The monoisotopic (exact) mass is 296 g/mol. The van der Waals surface area contributed by atoms with Gasteiger partial charge in [0, 0.05) is 6.08 Å². The third-order valence-corrected chi connectivity index (χ3v) is 3.63. The van der Waals surface area contributed by atoms with Gasteiger partial charge in [-0.15, -0.1) is 0 Å². The van der Waals surface area contributed by atoms with Crippen LogP contribution >= 0.6 is 0 Å². The summed E-state index contributed by atoms with van der Waals surface area (Å²) in [6.07, 6.45) is 7.52. The number of carboxylic acid groups (broad SMARTS) is 1. The molecule has 0 unspecified atom stereocenters. The van der Waals surface area contributed by atoms with Crippen molar-refractivity contribution in [2.45, 2.75) is 32.1 Å². The van der Waals surface area contributed by atoms with Gasteiger partial charge in [-0.05, 0) is 42.5 Å². The molecule has 0 spiro atoms. The van der Waals surface area contributed by atoms with Gasteiger partial charge in [0.25, 0.3) is 0 Å². The second-order valence-corrected chi connectivity index (χ2v) is 5.30. The van der Waals surface area contributed by atoms with Crippen LogP contribution in [-0.4, -0.2) is 17.7 Å². The molecule has 1 fully saturated rings. The zero-order valence-corrected chi connectivity index (χ0v) is 11.6. The summed E-state index contributed by atoms with van der Waals surface area (Å²) in [5.74, 6) is -2.82. The fourth-order valence-electron chi connectivity index (χ4n) is 2.54. The molecular formula is C16H18F2O3. The fourth-order valence-corrected chi connectivity index (χ4v) is 2.54. The molecule has 1 aromatic carbocycles. The smallest absolute Gasteiger partial charge is 0.328 e. The topological polar surface area (TPSA) is 46.5 Å². The van der Waals surface area contributed by atoms with E-state index in [0.717, 1.165) is 50.0 Å². The Kier molecular flexibility index (Phi) is 5.31. The highest BCUT2D eigenvalue weighted by Crippen LogP contribution is 2.28. The lowest BCUT2D eigenvalue weighted by Crippen LogP contribution is -2.16. The van der Waals surface area contributed by atoms with Crippen LogP contribution in [0.3, 0.4) is 0 Å². The number of hydrogen-bond donors (Lipinski definition) is 1. The van der Waals surface area contributed by atoms with Gasteiger partial charge in [-0.3, -0.25) is 0 Å². The third-order valence-electron chi connectivity index (χ3n) is 3.63. The Hall–Kier alpha value is -1.91. The Morgan fingerprint density at radius 3 is 2.43 bits per heavy atom. The standard InChI is InChI=1S/C16H18F2O3/c17-13-8-12(6-7-15(19)20)9-14(18)16(13)21-10-11-4-2-1-3-5-11/h6-9,11H,1-5,10H2,(H,19,20). The molecule has 0 aromatic heterocycles. The predicted molar refractivity (Wildman–Crippen MR) is 75.1 cm³/mol. The quantitative estimate of drug-likeness (QED) is 0.835. The van der Waals surface area contributed by atoms with Gasteiger partial charge in [-0.1, -0.05) is 19.3 Å². The number of ether oxygens (including phenoxy) is 1. The van der Waals surface area contributed by atoms with Crippen molar-refractivity contribution < 1.29 is 23.4 Å². The van der Waals surface area contributed by atoms with E-state index in [4.69, 9.17) is 9.84 Å². The zero-order valence-electron chi connectivity index (χ0n) is 11.6. The summed E-state index contributed by atoms with van der Waals surface area (Å²) in [7, 11) is 0. The molecule has 1 aromatic rings. The lowest BCUT2D eigenvalue weighted by molar-refractivity contribution is -0.131. The van der Waals surface area contributed by atoms with Gasteiger partial charge in [0.15, 0.2) is 17.4 Å². The van der Waals surface area contributed by atoms with Crippen molar-refractivity contribution in [2.75, 3.05) is 6.61 Å². The minimum absolute atomic E-state index is 0.150. The predicted octanol–water partition coefficient (Wildman–Crippen LogP) is 4.02. The Balaban J connectivity index is 2.04. The Morgan fingerprint density at radius 2 is 1.86 bits per heavy atom. The first kappa shape index (κ1) is 15.5. The van der Waals surface area contributed by atoms with Crippen LogP contribution in [0.15, 0.2) is 18.2 Å². The van der Waals surface area contributed by atoms with Gasteiger partial charge in [-0.25, -0.2) is 13.6 Å². The SMILES string of the molecule is O=C(O)C=Cc1cc(F)c(OCC2CCCCC2)c(F)c1. The molecule has 0 saturated heterocycles. The van der Waals surface area contributed by atoms with E-state index in [9.17, 15) is 13.6 Å². The number of carboxylic acids is 1. The highest BCUT2D eigenvalue weighted by Gasteiger charge is 2.17. The van der Waals surface area contributed by atoms with Gasteiger partial charge < -0.3 is 9.84 Å². The number of aliphatic carboxylic acids is 1. The van der Waals surface area contributed by atoms with E-state index in [1.807, 2.05) is 0 Å². The molecular weight excluding hydrogens is 278 g/mol. The molecule has 0 aliphatic heterocycles.